The lowest BCUT2D eigenvalue weighted by Crippen LogP contribution is -2.52. The number of carbonyl (C=O) groups is 2. The van der Waals surface area contributed by atoms with Crippen LogP contribution < -0.4 is 0 Å². The summed E-state index contributed by atoms with van der Waals surface area (Å²) in [5, 5.41) is 19.6. The summed E-state index contributed by atoms with van der Waals surface area (Å²) in [5.41, 5.74) is 3.47. The monoisotopic (exact) mass is 488 g/mol. The number of phenols is 1. The van der Waals surface area contributed by atoms with Crippen molar-refractivity contribution < 1.29 is 29.3 Å². The summed E-state index contributed by atoms with van der Waals surface area (Å²) in [4.78, 5) is 27.0. The molecule has 1 spiro atoms. The lowest BCUT2D eigenvalue weighted by Gasteiger charge is -2.56. The summed E-state index contributed by atoms with van der Waals surface area (Å²) >= 11 is 0. The first-order valence-corrected chi connectivity index (χ1v) is 13.2. The van der Waals surface area contributed by atoms with E-state index in [1.54, 1.807) is 12.1 Å². The smallest absolute Gasteiger partial charge is 0.340 e. The van der Waals surface area contributed by atoms with Gasteiger partial charge in [-0.2, -0.15) is 0 Å². The molecule has 2 aliphatic heterocycles. The van der Waals surface area contributed by atoms with Crippen molar-refractivity contribution in [2.24, 2.45) is 23.2 Å². The van der Waals surface area contributed by atoms with E-state index >= 15 is 0 Å². The summed E-state index contributed by atoms with van der Waals surface area (Å²) in [6, 6.07) is 7.13. The van der Waals surface area contributed by atoms with E-state index in [0.29, 0.717) is 29.9 Å². The first-order valence-electron chi connectivity index (χ1n) is 13.2. The van der Waals surface area contributed by atoms with E-state index in [2.05, 4.69) is 6.92 Å². The van der Waals surface area contributed by atoms with Crippen molar-refractivity contribution in [3.8, 4) is 5.75 Å². The van der Waals surface area contributed by atoms with E-state index in [9.17, 15) is 19.8 Å². The molecule has 1 aromatic rings. The number of carbonyl (C=O) groups excluding carboxylic acids is 2. The molecule has 188 valence electrons. The lowest BCUT2D eigenvalue weighted by atomic mass is 9.44. The Hall–Kier alpha value is -3.12. The minimum atomic E-state index is -0.729. The molecule has 7 rings (SSSR count). The van der Waals surface area contributed by atoms with Crippen LogP contribution in [0.5, 0.6) is 5.75 Å². The number of hydrogen-bond donors (Lipinski definition) is 2. The Balaban J connectivity index is 1.59. The molecule has 2 heterocycles. The summed E-state index contributed by atoms with van der Waals surface area (Å²) in [6.45, 7) is 2.16. The Kier molecular flexibility index (Phi) is 5.67. The minimum absolute atomic E-state index is 0.0588. The number of fused-ring (bicyclic) bond motifs is 1. The number of allylic oxidation sites excluding steroid dienone is 5. The molecule has 4 aliphatic carbocycles. The van der Waals surface area contributed by atoms with Gasteiger partial charge in [-0.05, 0) is 92.2 Å². The Morgan fingerprint density at radius 3 is 2.72 bits per heavy atom. The number of ether oxygens (including phenoxy) is 2. The van der Waals surface area contributed by atoms with Crippen LogP contribution in [0.2, 0.25) is 0 Å². The van der Waals surface area contributed by atoms with Crippen LogP contribution in [0.3, 0.4) is 0 Å². The highest BCUT2D eigenvalue weighted by Gasteiger charge is 2.68. The van der Waals surface area contributed by atoms with Gasteiger partial charge in [-0.3, -0.25) is 0 Å². The van der Waals surface area contributed by atoms with Gasteiger partial charge in [0.2, 0.25) is 0 Å². The number of cyclic esters (lactones) is 2. The number of rotatable bonds is 6. The summed E-state index contributed by atoms with van der Waals surface area (Å²) in [7, 11) is 0. The third-order valence-electron chi connectivity index (χ3n) is 8.81. The van der Waals surface area contributed by atoms with Crippen molar-refractivity contribution in [1.82, 2.24) is 0 Å². The van der Waals surface area contributed by atoms with Crippen molar-refractivity contribution in [2.45, 2.75) is 58.3 Å². The van der Waals surface area contributed by atoms with E-state index in [0.717, 1.165) is 60.8 Å². The highest BCUT2D eigenvalue weighted by Crippen LogP contribution is 2.71. The Bertz CT molecular complexity index is 1260. The highest BCUT2D eigenvalue weighted by atomic mass is 16.5. The second-order valence-electron chi connectivity index (χ2n) is 10.6. The van der Waals surface area contributed by atoms with Gasteiger partial charge in [-0.1, -0.05) is 25.5 Å². The van der Waals surface area contributed by atoms with Crippen LogP contribution in [0.15, 0.2) is 64.7 Å². The van der Waals surface area contributed by atoms with Crippen LogP contribution in [-0.4, -0.2) is 28.8 Å². The van der Waals surface area contributed by atoms with Crippen LogP contribution in [0.1, 0.15) is 63.9 Å². The topological polar surface area (TPSA) is 93.1 Å². The summed E-state index contributed by atoms with van der Waals surface area (Å²) in [6.07, 6.45) is 10.3. The molecule has 0 radical (unpaired) electrons. The normalized spacial score (nSPS) is 32.7. The molecule has 4 atom stereocenters. The first-order chi connectivity index (χ1) is 17.5. The van der Waals surface area contributed by atoms with Gasteiger partial charge in [-0.15, -0.1) is 0 Å². The van der Waals surface area contributed by atoms with Gasteiger partial charge in [0, 0.05) is 23.7 Å². The Morgan fingerprint density at radius 1 is 1.08 bits per heavy atom. The van der Waals surface area contributed by atoms with E-state index in [1.165, 1.54) is 0 Å². The lowest BCUT2D eigenvalue weighted by molar-refractivity contribution is -0.135. The maximum Gasteiger partial charge on any atom is 0.340 e. The molecule has 0 amide bonds. The molecule has 6 aliphatic rings. The quantitative estimate of drug-likeness (QED) is 0.415. The average Bonchev–Trinajstić information content (AvgIpc) is 3.36. The molecular formula is C30H32O6. The molecule has 2 N–H and O–H groups in total. The predicted octanol–water partition coefficient (Wildman–Crippen LogP) is 5.33. The molecular weight excluding hydrogens is 456 g/mol. The SMILES string of the molecule is CCCC=C1OC(=O)C2=C1CCC1C3CCC4(C(=CCCCO)OC(=O)C4=C3c3cccc(O)c3)C21. The number of phenolic OH excluding ortho intramolecular Hbond substituents is 1. The van der Waals surface area contributed by atoms with Gasteiger partial charge < -0.3 is 19.7 Å². The van der Waals surface area contributed by atoms with E-state index in [4.69, 9.17) is 9.47 Å². The van der Waals surface area contributed by atoms with Crippen molar-refractivity contribution in [2.75, 3.05) is 6.61 Å². The third-order valence-corrected chi connectivity index (χ3v) is 8.81. The maximum atomic E-state index is 13.6. The van der Waals surface area contributed by atoms with Crippen molar-refractivity contribution in [3.63, 3.8) is 0 Å². The molecule has 1 saturated carbocycles. The van der Waals surface area contributed by atoms with Gasteiger partial charge in [0.15, 0.2) is 0 Å². The van der Waals surface area contributed by atoms with Gasteiger partial charge in [0.25, 0.3) is 0 Å². The minimum Gasteiger partial charge on any atom is -0.508 e. The van der Waals surface area contributed by atoms with Crippen LogP contribution in [0, 0.1) is 23.2 Å². The second-order valence-corrected chi connectivity index (χ2v) is 10.6. The van der Waals surface area contributed by atoms with Gasteiger partial charge in [-0.25, -0.2) is 9.59 Å². The largest absolute Gasteiger partial charge is 0.508 e. The molecule has 6 heteroatoms. The van der Waals surface area contributed by atoms with Crippen LogP contribution >= 0.6 is 0 Å². The standard InChI is InChI=1S/C30H32O6/c1-2-3-9-22-21-12-11-20-19-13-14-30(26(20)25(21)28(33)35-22)23(10-4-5-15-31)36-29(34)27(30)24(19)17-7-6-8-18(32)16-17/h6-10,16,19-20,26,31-32H,2-5,11-15H2,1H3. The molecule has 2 bridgehead atoms. The van der Waals surface area contributed by atoms with Crippen molar-refractivity contribution >= 4 is 17.5 Å². The van der Waals surface area contributed by atoms with Crippen molar-refractivity contribution in [1.29, 1.82) is 0 Å². The maximum absolute atomic E-state index is 13.6. The molecule has 1 saturated heterocycles. The number of benzene rings is 1. The van der Waals surface area contributed by atoms with Crippen LogP contribution in [0.25, 0.3) is 5.57 Å². The molecule has 0 aromatic heterocycles. The fourth-order valence-corrected chi connectivity index (χ4v) is 7.55. The predicted molar refractivity (Wildman–Crippen MR) is 133 cm³/mol. The second kappa shape index (κ2) is 8.77. The van der Waals surface area contributed by atoms with Gasteiger partial charge >= 0.3 is 11.9 Å². The number of aliphatic hydroxyl groups excluding tert-OH is 1. The Morgan fingerprint density at radius 2 is 1.94 bits per heavy atom. The van der Waals surface area contributed by atoms with E-state index in [-0.39, 0.29) is 42.0 Å². The average molecular weight is 489 g/mol. The van der Waals surface area contributed by atoms with Crippen LogP contribution in [0.4, 0.5) is 0 Å². The first kappa shape index (κ1) is 23.3. The highest BCUT2D eigenvalue weighted by molar-refractivity contribution is 6.06. The van der Waals surface area contributed by atoms with Crippen LogP contribution in [-0.2, 0) is 19.1 Å². The van der Waals surface area contributed by atoms with Crippen molar-refractivity contribution in [3.05, 3.63) is 70.2 Å². The van der Waals surface area contributed by atoms with Gasteiger partial charge in [0.05, 0.1) is 11.0 Å². The number of esters is 2. The third kappa shape index (κ3) is 3.20. The molecule has 4 unspecified atom stereocenters. The molecule has 2 fully saturated rings. The number of unbranched alkanes of at least 4 members (excludes halogenated alkanes) is 2. The van der Waals surface area contributed by atoms with E-state index < -0.39 is 5.41 Å². The fraction of sp³-hybridized carbons (Fsp3) is 0.467. The summed E-state index contributed by atoms with van der Waals surface area (Å²) in [5.74, 6) is 0.941. The van der Waals surface area contributed by atoms with E-state index in [1.807, 2.05) is 24.3 Å². The Labute approximate surface area is 211 Å². The number of aliphatic hydroxyl groups is 1. The zero-order valence-electron chi connectivity index (χ0n) is 20.6. The van der Waals surface area contributed by atoms with Gasteiger partial charge in [0.1, 0.15) is 17.3 Å². The number of aromatic hydroxyl groups is 1. The zero-order valence-corrected chi connectivity index (χ0v) is 20.6. The molecule has 36 heavy (non-hydrogen) atoms. The fourth-order valence-electron chi connectivity index (χ4n) is 7.55. The molecule has 1 aromatic carbocycles. The number of hydrogen-bond acceptors (Lipinski definition) is 6. The summed E-state index contributed by atoms with van der Waals surface area (Å²) < 4.78 is 11.8. The molecule has 6 nitrogen and oxygen atoms in total. The zero-order chi connectivity index (χ0) is 25.0.